The maximum absolute atomic E-state index is 12.8. The summed E-state index contributed by atoms with van der Waals surface area (Å²) in [5.74, 6) is -0.473. The van der Waals surface area contributed by atoms with Crippen molar-refractivity contribution in [2.24, 2.45) is 11.8 Å². The molecule has 1 saturated carbocycles. The predicted octanol–water partition coefficient (Wildman–Crippen LogP) is 5.08. The van der Waals surface area contributed by atoms with Crippen molar-refractivity contribution in [3.05, 3.63) is 54.1 Å². The molecule has 1 aliphatic carbocycles. The predicted molar refractivity (Wildman–Crippen MR) is 129 cm³/mol. The Balaban J connectivity index is 1.87. The van der Waals surface area contributed by atoms with E-state index in [1.54, 1.807) is 13.2 Å². The molecule has 5 atom stereocenters. The Bertz CT molecular complexity index is 867. The Labute approximate surface area is 210 Å². The zero-order valence-corrected chi connectivity index (χ0v) is 21.0. The minimum atomic E-state index is -4.47. The third kappa shape index (κ3) is 9.95. The highest BCUT2D eigenvalue weighted by Crippen LogP contribution is 2.38. The number of hydrogen-bond donors (Lipinski definition) is 2. The topological polar surface area (TPSA) is 85.2 Å². The molecule has 2 rings (SSSR count). The van der Waals surface area contributed by atoms with E-state index < -0.39 is 23.9 Å². The molecule has 0 radical (unpaired) electrons. The molecule has 6 nitrogen and oxygen atoms in total. The zero-order chi connectivity index (χ0) is 26.7. The fourth-order valence-electron chi connectivity index (χ4n) is 4.27. The van der Waals surface area contributed by atoms with Crippen LogP contribution >= 0.6 is 0 Å². The highest BCUT2D eigenvalue weighted by Gasteiger charge is 2.40. The number of halogens is 3. The van der Waals surface area contributed by atoms with Crippen molar-refractivity contribution in [2.45, 2.75) is 76.5 Å². The summed E-state index contributed by atoms with van der Waals surface area (Å²) in [4.78, 5) is 11.6. The summed E-state index contributed by atoms with van der Waals surface area (Å²) in [6.07, 6.45) is 3.66. The fourth-order valence-corrected chi connectivity index (χ4v) is 4.27. The minimum absolute atomic E-state index is 0.0121. The normalized spacial score (nSPS) is 23.6. The van der Waals surface area contributed by atoms with Crippen molar-refractivity contribution in [1.29, 1.82) is 0 Å². The lowest BCUT2D eigenvalue weighted by molar-refractivity contribution is -0.147. The van der Waals surface area contributed by atoms with Gasteiger partial charge in [-0.2, -0.15) is 13.2 Å². The second-order valence-corrected chi connectivity index (χ2v) is 9.25. The van der Waals surface area contributed by atoms with E-state index in [9.17, 15) is 28.2 Å². The maximum atomic E-state index is 12.8. The summed E-state index contributed by atoms with van der Waals surface area (Å²) in [5.41, 5.74) is -0.823. The van der Waals surface area contributed by atoms with Crippen LogP contribution in [0.25, 0.3) is 0 Å². The van der Waals surface area contributed by atoms with E-state index in [0.717, 1.165) is 18.6 Å². The quantitative estimate of drug-likeness (QED) is 0.217. The summed E-state index contributed by atoms with van der Waals surface area (Å²) in [5, 5.41) is 20.8. The Morgan fingerprint density at radius 3 is 2.67 bits per heavy atom. The first kappa shape index (κ1) is 29.9. The number of methoxy groups -OCH3 is 1. The van der Waals surface area contributed by atoms with Gasteiger partial charge in [0.15, 0.2) is 0 Å². The number of ether oxygens (including phenoxy) is 3. The number of hydrogen-bond acceptors (Lipinski definition) is 6. The Morgan fingerprint density at radius 2 is 2.00 bits per heavy atom. The zero-order valence-electron chi connectivity index (χ0n) is 21.0. The van der Waals surface area contributed by atoms with Crippen molar-refractivity contribution >= 4 is 5.97 Å². The molecule has 1 aliphatic rings. The second-order valence-electron chi connectivity index (χ2n) is 9.25. The summed E-state index contributed by atoms with van der Waals surface area (Å²) in [6.45, 7) is 3.40. The summed E-state index contributed by atoms with van der Waals surface area (Å²) in [7, 11) is 1.60. The largest absolute Gasteiger partial charge is 0.491 e. The fraction of sp³-hybridized carbons (Fsp3) is 0.593. The molecule has 0 amide bonds. The first-order chi connectivity index (χ1) is 17.0. The maximum Gasteiger partial charge on any atom is 0.416 e. The molecule has 202 valence electrons. The SMILES string of the molecule is CO[C@H]1C[C@@H](O)[C@H](/C=C/[C@@H](O)COc2cccc(C(F)(F)F)c2)[C@H]1C/C=C\CCCC(=O)OC(C)C. The molecule has 0 saturated heterocycles. The molecule has 0 heterocycles. The number of aliphatic hydroxyl groups excluding tert-OH is 2. The number of alkyl halides is 3. The van der Waals surface area contributed by atoms with E-state index in [-0.39, 0.29) is 42.4 Å². The number of carbonyl (C=O) groups is 1. The molecule has 0 aliphatic heterocycles. The second kappa shape index (κ2) is 14.4. The molecule has 0 aromatic heterocycles. The lowest BCUT2D eigenvalue weighted by Gasteiger charge is -2.21. The lowest BCUT2D eigenvalue weighted by atomic mass is 9.89. The third-order valence-corrected chi connectivity index (χ3v) is 6.02. The Morgan fingerprint density at radius 1 is 1.25 bits per heavy atom. The number of allylic oxidation sites excluding steroid dienone is 2. The first-order valence-electron chi connectivity index (χ1n) is 12.2. The van der Waals surface area contributed by atoms with Gasteiger partial charge in [-0.1, -0.05) is 30.4 Å². The van der Waals surface area contributed by atoms with Gasteiger partial charge >= 0.3 is 12.1 Å². The number of carbonyl (C=O) groups excluding carboxylic acids is 1. The Hall–Kier alpha value is -2.36. The van der Waals surface area contributed by atoms with Crippen LogP contribution in [0.4, 0.5) is 13.2 Å². The average molecular weight is 515 g/mol. The van der Waals surface area contributed by atoms with Crippen molar-refractivity contribution in [3.8, 4) is 5.75 Å². The number of benzene rings is 1. The van der Waals surface area contributed by atoms with Gasteiger partial charge in [-0.3, -0.25) is 4.79 Å². The van der Waals surface area contributed by atoms with Crippen LogP contribution in [0.5, 0.6) is 5.75 Å². The van der Waals surface area contributed by atoms with Crippen LogP contribution < -0.4 is 4.74 Å². The van der Waals surface area contributed by atoms with Gasteiger partial charge < -0.3 is 24.4 Å². The van der Waals surface area contributed by atoms with E-state index in [2.05, 4.69) is 0 Å². The van der Waals surface area contributed by atoms with Crippen molar-refractivity contribution in [3.63, 3.8) is 0 Å². The van der Waals surface area contributed by atoms with Gasteiger partial charge in [-0.25, -0.2) is 0 Å². The van der Waals surface area contributed by atoms with Crippen molar-refractivity contribution in [2.75, 3.05) is 13.7 Å². The van der Waals surface area contributed by atoms with Gasteiger partial charge in [0.25, 0.3) is 0 Å². The van der Waals surface area contributed by atoms with E-state index >= 15 is 0 Å². The van der Waals surface area contributed by atoms with Gasteiger partial charge in [0.1, 0.15) is 18.5 Å². The first-order valence-corrected chi connectivity index (χ1v) is 12.2. The molecule has 1 aromatic rings. The molecule has 0 unspecified atom stereocenters. The number of esters is 1. The Kier molecular flexibility index (Phi) is 11.9. The van der Waals surface area contributed by atoms with E-state index in [1.807, 2.05) is 26.0 Å². The van der Waals surface area contributed by atoms with Gasteiger partial charge in [-0.15, -0.1) is 0 Å². The molecule has 0 bridgehead atoms. The van der Waals surface area contributed by atoms with Crippen LogP contribution in [0.1, 0.15) is 51.5 Å². The highest BCUT2D eigenvalue weighted by molar-refractivity contribution is 5.69. The van der Waals surface area contributed by atoms with Gasteiger partial charge in [0.2, 0.25) is 0 Å². The lowest BCUT2D eigenvalue weighted by Crippen LogP contribution is -2.22. The monoisotopic (exact) mass is 514 g/mol. The molecule has 9 heteroatoms. The number of unbranched alkanes of at least 4 members (excludes halogenated alkanes) is 1. The van der Waals surface area contributed by atoms with Crippen molar-refractivity contribution in [1.82, 2.24) is 0 Å². The van der Waals surface area contributed by atoms with Crippen LogP contribution in [0.2, 0.25) is 0 Å². The smallest absolute Gasteiger partial charge is 0.416 e. The summed E-state index contributed by atoms with van der Waals surface area (Å²) < 4.78 is 54.5. The molecule has 0 spiro atoms. The number of rotatable bonds is 13. The summed E-state index contributed by atoms with van der Waals surface area (Å²) >= 11 is 0. The molecule has 1 fully saturated rings. The standard InChI is InChI=1S/C27H37F3O6/c1-18(2)36-26(33)12-7-5-4-6-11-23-22(24(32)16-25(23)34-3)14-13-20(31)17-35-21-10-8-9-19(15-21)27(28,29)30/h4,6,8-10,13-15,18,20,22-25,31-32H,5,7,11-12,16-17H2,1-3H3/b6-4-,14-13+/t20-,22-,23-,24-,25+/m1/s1. The van der Waals surface area contributed by atoms with Crippen LogP contribution in [0.3, 0.4) is 0 Å². The molecule has 1 aromatic carbocycles. The van der Waals surface area contributed by atoms with Crippen LogP contribution in [0.15, 0.2) is 48.6 Å². The van der Waals surface area contributed by atoms with Crippen LogP contribution in [-0.2, 0) is 20.4 Å². The molecule has 2 N–H and O–H groups in total. The van der Waals surface area contributed by atoms with Gasteiger partial charge in [0.05, 0.1) is 23.9 Å². The average Bonchev–Trinajstić information content (AvgIpc) is 3.11. The van der Waals surface area contributed by atoms with Gasteiger partial charge in [0, 0.05) is 25.9 Å². The van der Waals surface area contributed by atoms with Crippen molar-refractivity contribution < 1.29 is 42.4 Å². The number of aliphatic hydroxyl groups is 2. The van der Waals surface area contributed by atoms with E-state index in [4.69, 9.17) is 14.2 Å². The molecular formula is C27H37F3O6. The van der Waals surface area contributed by atoms with Crippen LogP contribution in [0, 0.1) is 11.8 Å². The minimum Gasteiger partial charge on any atom is -0.491 e. The molecular weight excluding hydrogens is 477 g/mol. The van der Waals surface area contributed by atoms with Crippen LogP contribution in [-0.4, -0.2) is 54.3 Å². The molecule has 36 heavy (non-hydrogen) atoms. The van der Waals surface area contributed by atoms with E-state index in [1.165, 1.54) is 18.2 Å². The van der Waals surface area contributed by atoms with E-state index in [0.29, 0.717) is 25.7 Å². The van der Waals surface area contributed by atoms with Gasteiger partial charge in [-0.05, 0) is 57.2 Å². The summed E-state index contributed by atoms with van der Waals surface area (Å²) in [6, 6.07) is 4.48. The third-order valence-electron chi connectivity index (χ3n) is 6.02. The highest BCUT2D eigenvalue weighted by atomic mass is 19.4.